The molecule has 2 rings (SSSR count). The number of aromatic nitrogens is 1. The second-order valence-electron chi connectivity index (χ2n) is 3.69. The minimum absolute atomic E-state index is 0.0108. The van der Waals surface area contributed by atoms with E-state index in [4.69, 9.17) is 26.6 Å². The highest BCUT2D eigenvalue weighted by atomic mass is 35.5. The number of aliphatic hydroxyl groups excluding tert-OH is 1. The van der Waals surface area contributed by atoms with Crippen LogP contribution in [0.1, 0.15) is 15.9 Å². The first kappa shape index (κ1) is 13.3. The van der Waals surface area contributed by atoms with Crippen molar-refractivity contribution < 1.29 is 19.7 Å². The standard InChI is InChI=1S/C13H10ClNO4/c14-11-10(13(17)18)4-5-15-12(11)19-9-3-1-2-8(6-9)7-16/h1-6,16H,7H2,(H,17,18). The van der Waals surface area contributed by atoms with Crippen molar-refractivity contribution in [3.63, 3.8) is 0 Å². The van der Waals surface area contributed by atoms with Crippen molar-refractivity contribution in [2.24, 2.45) is 0 Å². The third-order valence-corrected chi connectivity index (χ3v) is 2.75. The fourth-order valence-electron chi connectivity index (χ4n) is 1.48. The van der Waals surface area contributed by atoms with Crippen LogP contribution in [0.4, 0.5) is 0 Å². The number of hydrogen-bond acceptors (Lipinski definition) is 4. The number of benzene rings is 1. The Bertz CT molecular complexity index is 615. The number of halogens is 1. The Balaban J connectivity index is 2.33. The Morgan fingerprint density at radius 2 is 2.16 bits per heavy atom. The molecular formula is C13H10ClNO4. The van der Waals surface area contributed by atoms with Gasteiger partial charge in [-0.25, -0.2) is 9.78 Å². The molecule has 0 saturated heterocycles. The van der Waals surface area contributed by atoms with E-state index in [1.807, 2.05) is 0 Å². The number of carboxylic acids is 1. The largest absolute Gasteiger partial charge is 0.478 e. The summed E-state index contributed by atoms with van der Waals surface area (Å²) in [7, 11) is 0. The van der Waals surface area contributed by atoms with Crippen molar-refractivity contribution >= 4 is 17.6 Å². The summed E-state index contributed by atoms with van der Waals surface area (Å²) >= 11 is 5.91. The molecule has 5 nitrogen and oxygen atoms in total. The number of hydrogen-bond donors (Lipinski definition) is 2. The van der Waals surface area contributed by atoms with Crippen LogP contribution < -0.4 is 4.74 Å². The maximum atomic E-state index is 10.9. The zero-order chi connectivity index (χ0) is 13.8. The molecule has 6 heteroatoms. The highest BCUT2D eigenvalue weighted by molar-refractivity contribution is 6.34. The lowest BCUT2D eigenvalue weighted by Crippen LogP contribution is -2.00. The van der Waals surface area contributed by atoms with Gasteiger partial charge in [-0.15, -0.1) is 0 Å². The number of ether oxygens (including phenoxy) is 1. The monoisotopic (exact) mass is 279 g/mol. The van der Waals surface area contributed by atoms with Crippen molar-refractivity contribution in [1.29, 1.82) is 0 Å². The molecule has 0 saturated carbocycles. The van der Waals surface area contributed by atoms with Crippen molar-refractivity contribution in [3.8, 4) is 11.6 Å². The van der Waals surface area contributed by atoms with E-state index in [1.165, 1.54) is 12.3 Å². The first-order valence-corrected chi connectivity index (χ1v) is 5.75. The zero-order valence-corrected chi connectivity index (χ0v) is 10.5. The van der Waals surface area contributed by atoms with Gasteiger partial charge in [0.25, 0.3) is 0 Å². The van der Waals surface area contributed by atoms with Gasteiger partial charge >= 0.3 is 5.97 Å². The van der Waals surface area contributed by atoms with Gasteiger partial charge in [-0.2, -0.15) is 0 Å². The molecule has 0 aliphatic heterocycles. The molecule has 2 aromatic rings. The van der Waals surface area contributed by atoms with Gasteiger partial charge in [-0.3, -0.25) is 0 Å². The lowest BCUT2D eigenvalue weighted by molar-refractivity contribution is 0.0696. The van der Waals surface area contributed by atoms with E-state index in [9.17, 15) is 4.79 Å². The predicted molar refractivity (Wildman–Crippen MR) is 68.6 cm³/mol. The molecule has 0 fully saturated rings. The van der Waals surface area contributed by atoms with Crippen LogP contribution in [0.5, 0.6) is 11.6 Å². The molecule has 0 aliphatic carbocycles. The summed E-state index contributed by atoms with van der Waals surface area (Å²) in [6, 6.07) is 8.00. The second-order valence-corrected chi connectivity index (χ2v) is 4.07. The number of aliphatic hydroxyl groups is 1. The van der Waals surface area contributed by atoms with Gasteiger partial charge in [0.15, 0.2) is 0 Å². The molecule has 2 N–H and O–H groups in total. The Kier molecular flexibility index (Phi) is 3.99. The van der Waals surface area contributed by atoms with E-state index in [-0.39, 0.29) is 23.1 Å². The zero-order valence-electron chi connectivity index (χ0n) is 9.71. The van der Waals surface area contributed by atoms with Gasteiger partial charge in [0, 0.05) is 6.20 Å². The average Bonchev–Trinajstić information content (AvgIpc) is 2.41. The number of pyridine rings is 1. The number of carbonyl (C=O) groups is 1. The number of rotatable bonds is 4. The van der Waals surface area contributed by atoms with Crippen LogP contribution >= 0.6 is 11.6 Å². The minimum atomic E-state index is -1.15. The molecule has 0 atom stereocenters. The Hall–Kier alpha value is -2.11. The van der Waals surface area contributed by atoms with Gasteiger partial charge in [0.2, 0.25) is 5.88 Å². The van der Waals surface area contributed by atoms with Crippen LogP contribution in [0.3, 0.4) is 0 Å². The molecule has 0 amide bonds. The SMILES string of the molecule is O=C(O)c1ccnc(Oc2cccc(CO)c2)c1Cl. The Labute approximate surface area is 114 Å². The van der Waals surface area contributed by atoms with Crippen molar-refractivity contribution in [1.82, 2.24) is 4.98 Å². The highest BCUT2D eigenvalue weighted by Gasteiger charge is 2.14. The van der Waals surface area contributed by atoms with E-state index >= 15 is 0 Å². The van der Waals surface area contributed by atoms with Gasteiger partial charge in [-0.05, 0) is 23.8 Å². The Morgan fingerprint density at radius 3 is 2.84 bits per heavy atom. The van der Waals surface area contributed by atoms with Gasteiger partial charge < -0.3 is 14.9 Å². The van der Waals surface area contributed by atoms with E-state index in [1.54, 1.807) is 24.3 Å². The first-order chi connectivity index (χ1) is 9.11. The molecule has 0 bridgehead atoms. The summed E-state index contributed by atoms with van der Waals surface area (Å²) in [6.07, 6.45) is 1.31. The quantitative estimate of drug-likeness (QED) is 0.899. The molecule has 1 aromatic heterocycles. The lowest BCUT2D eigenvalue weighted by atomic mass is 10.2. The molecule has 0 unspecified atom stereocenters. The average molecular weight is 280 g/mol. The first-order valence-electron chi connectivity index (χ1n) is 5.37. The smallest absolute Gasteiger partial charge is 0.337 e. The van der Waals surface area contributed by atoms with Gasteiger partial charge in [0.05, 0.1) is 12.2 Å². The van der Waals surface area contributed by atoms with E-state index in [0.717, 1.165) is 0 Å². The maximum Gasteiger partial charge on any atom is 0.337 e. The molecule has 98 valence electrons. The number of aromatic carboxylic acids is 1. The summed E-state index contributed by atoms with van der Waals surface area (Å²) in [4.78, 5) is 14.8. The Morgan fingerprint density at radius 1 is 1.37 bits per heavy atom. The van der Waals surface area contributed by atoms with Crippen LogP contribution in [-0.4, -0.2) is 21.2 Å². The topological polar surface area (TPSA) is 79.7 Å². The van der Waals surface area contributed by atoms with Crippen molar-refractivity contribution in [3.05, 3.63) is 52.7 Å². The van der Waals surface area contributed by atoms with Gasteiger partial charge in [0.1, 0.15) is 10.8 Å². The maximum absolute atomic E-state index is 10.9. The third kappa shape index (κ3) is 3.01. The molecule has 0 spiro atoms. The van der Waals surface area contributed by atoms with Gasteiger partial charge in [-0.1, -0.05) is 23.7 Å². The number of carboxylic acid groups (broad SMARTS) is 1. The molecule has 19 heavy (non-hydrogen) atoms. The fraction of sp³-hybridized carbons (Fsp3) is 0.0769. The van der Waals surface area contributed by atoms with E-state index in [2.05, 4.69) is 4.98 Å². The summed E-state index contributed by atoms with van der Waals surface area (Å²) in [5.74, 6) is -0.721. The molecular weight excluding hydrogens is 270 g/mol. The summed E-state index contributed by atoms with van der Waals surface area (Å²) in [5, 5.41) is 17.9. The van der Waals surface area contributed by atoms with Crippen molar-refractivity contribution in [2.45, 2.75) is 6.61 Å². The van der Waals surface area contributed by atoms with Crippen LogP contribution in [0.15, 0.2) is 36.5 Å². The second kappa shape index (κ2) is 5.69. The van der Waals surface area contributed by atoms with Crippen LogP contribution in [0.25, 0.3) is 0 Å². The fourth-order valence-corrected chi connectivity index (χ4v) is 1.71. The minimum Gasteiger partial charge on any atom is -0.478 e. The molecule has 0 radical (unpaired) electrons. The molecule has 1 aromatic carbocycles. The highest BCUT2D eigenvalue weighted by Crippen LogP contribution is 2.30. The van der Waals surface area contributed by atoms with E-state index in [0.29, 0.717) is 11.3 Å². The summed E-state index contributed by atoms with van der Waals surface area (Å²) in [5.41, 5.74) is 0.591. The van der Waals surface area contributed by atoms with Crippen LogP contribution in [-0.2, 0) is 6.61 Å². The lowest BCUT2D eigenvalue weighted by Gasteiger charge is -2.08. The number of nitrogens with zero attached hydrogens (tertiary/aromatic N) is 1. The summed E-state index contributed by atoms with van der Waals surface area (Å²) in [6.45, 7) is -0.118. The summed E-state index contributed by atoms with van der Waals surface area (Å²) < 4.78 is 5.42. The molecule has 1 heterocycles. The van der Waals surface area contributed by atoms with Crippen LogP contribution in [0.2, 0.25) is 5.02 Å². The molecule has 0 aliphatic rings. The van der Waals surface area contributed by atoms with Crippen LogP contribution in [0, 0.1) is 0 Å². The van der Waals surface area contributed by atoms with Crippen molar-refractivity contribution in [2.75, 3.05) is 0 Å². The third-order valence-electron chi connectivity index (χ3n) is 2.38. The predicted octanol–water partition coefficient (Wildman–Crippen LogP) is 2.72. The van der Waals surface area contributed by atoms with E-state index < -0.39 is 5.97 Å². The normalized spacial score (nSPS) is 10.2.